The van der Waals surface area contributed by atoms with Crippen molar-refractivity contribution in [1.29, 1.82) is 0 Å². The molecule has 0 rings (SSSR count). The molecule has 1 atom stereocenters. The summed E-state index contributed by atoms with van der Waals surface area (Å²) in [7, 11) is -4.91. The SMILES string of the molecule is O=S(=O)(O)CC(F)(F)F.O=[As](O)(O)F.O=[As](O)(O)F.O=[As](O)(O)F.O=[As](O)(O)F.O=[As]([O-])(O)F.[Li+]. The smallest absolute Gasteiger partial charge is 1.00 e. The van der Waals surface area contributed by atoms with Crippen molar-refractivity contribution in [3.05, 3.63) is 0 Å². The van der Waals surface area contributed by atoms with Gasteiger partial charge in [-0.05, 0) is 0 Å². The average molecular weight is 890 g/mol. The first-order chi connectivity index (χ1) is 13.7. The zero-order valence-corrected chi connectivity index (χ0v) is 25.8. The normalized spacial score (nSPS) is 13.3. The molecule has 216 valence electrons. The molecule has 0 heterocycles. The Hall–Kier alpha value is 1.34. The summed E-state index contributed by atoms with van der Waals surface area (Å²) in [6.45, 7) is 0. The Bertz CT molecular complexity index is 702. The van der Waals surface area contributed by atoms with E-state index in [9.17, 15) is 38.9 Å². The van der Waals surface area contributed by atoms with Crippen LogP contribution in [0.4, 0.5) is 30.5 Å². The molecule has 0 aliphatic rings. The zero-order valence-electron chi connectivity index (χ0n) is 15.6. The van der Waals surface area contributed by atoms with Crippen molar-refractivity contribution < 1.29 is 122 Å². The van der Waals surface area contributed by atoms with Gasteiger partial charge in [0.1, 0.15) is 0 Å². The van der Waals surface area contributed by atoms with E-state index in [0.29, 0.717) is 0 Å². The van der Waals surface area contributed by atoms with Gasteiger partial charge in [-0.2, -0.15) is 21.6 Å². The Balaban J connectivity index is -0.0000000546. The molecule has 0 amide bonds. The Morgan fingerprint density at radius 3 is 0.686 bits per heavy atom. The fraction of sp³-hybridized carbons (Fsp3) is 1.00. The quantitative estimate of drug-likeness (QED) is 0.0664. The van der Waals surface area contributed by atoms with Crippen molar-refractivity contribution in [1.82, 2.24) is 0 Å². The van der Waals surface area contributed by atoms with Crippen molar-refractivity contribution in [2.45, 2.75) is 6.18 Å². The molecule has 0 aromatic rings. The average Bonchev–Trinajstić information content (AvgIpc) is 2.07. The van der Waals surface area contributed by atoms with E-state index in [1.807, 2.05) is 0 Å². The van der Waals surface area contributed by atoms with E-state index in [1.165, 1.54) is 0 Å². The molecule has 0 aliphatic heterocycles. The van der Waals surface area contributed by atoms with Gasteiger partial charge in [-0.1, -0.05) is 0 Å². The molecule has 0 saturated heterocycles. The van der Waals surface area contributed by atoms with Crippen LogP contribution in [0.3, 0.4) is 0 Å². The Morgan fingerprint density at radius 1 is 0.600 bits per heavy atom. The third-order valence-corrected chi connectivity index (χ3v) is 1.04. The zero-order chi connectivity index (χ0) is 30.2. The number of rotatable bonds is 1. The molecule has 10 N–H and O–H groups in total. The summed E-state index contributed by atoms with van der Waals surface area (Å²) in [5.74, 6) is -2.18. The molecule has 0 aliphatic carbocycles. The summed E-state index contributed by atoms with van der Waals surface area (Å²) in [4.78, 5) is 0. The Morgan fingerprint density at radius 2 is 0.686 bits per heavy atom. The van der Waals surface area contributed by atoms with E-state index < -0.39 is 95.3 Å². The van der Waals surface area contributed by atoms with Crippen molar-refractivity contribution >= 4 is 83.3 Å². The molecule has 0 spiro atoms. The second kappa shape index (κ2) is 21.2. The van der Waals surface area contributed by atoms with E-state index in [1.54, 1.807) is 0 Å². The van der Waals surface area contributed by atoms with Crippen LogP contribution in [0.1, 0.15) is 0 Å². The largest absolute Gasteiger partial charge is 1.00 e. The van der Waals surface area contributed by atoms with Crippen LogP contribution in [0.25, 0.3) is 0 Å². The number of hydrogen-bond donors (Lipinski definition) is 10. The van der Waals surface area contributed by atoms with Crippen molar-refractivity contribution in [3.63, 3.8) is 0 Å². The number of hydrogen-bond acceptors (Lipinski definition) is 8. The molecule has 0 fully saturated rings. The fourth-order valence-electron chi connectivity index (χ4n) is 0.207. The van der Waals surface area contributed by atoms with Crippen LogP contribution in [-0.2, 0) is 28.8 Å². The minimum Gasteiger partial charge on any atom is 1.00 e. The maximum atomic E-state index is 11.0. The second-order valence-corrected chi connectivity index (χ2v) is 15.0. The minimum atomic E-state index is -5.88. The van der Waals surface area contributed by atoms with Gasteiger partial charge in [0.2, 0.25) is 0 Å². The van der Waals surface area contributed by atoms with Gasteiger partial charge in [0, 0.05) is 0 Å². The summed E-state index contributed by atoms with van der Waals surface area (Å²) in [5, 5.41) is 0. The standard InChI is InChI=1S/C2H3F3O3S.5AsFH2O3.Li/c3-2(4,5)1-9(6,7)8;5*2-1(3,4)5;/h1H2,(H,6,7,8);5*(H2,3,4,5);/q;;;;;;+1/p-1. The summed E-state index contributed by atoms with van der Waals surface area (Å²) >= 11 is -28.4. The van der Waals surface area contributed by atoms with E-state index in [0.717, 1.165) is 0 Å². The van der Waals surface area contributed by atoms with Crippen LogP contribution in [0, 0.1) is 0 Å². The molecule has 0 radical (unpaired) electrons. The molecule has 0 aromatic carbocycles. The van der Waals surface area contributed by atoms with E-state index in [4.69, 9.17) is 64.2 Å². The van der Waals surface area contributed by atoms with E-state index >= 15 is 0 Å². The van der Waals surface area contributed by atoms with Crippen LogP contribution >= 0.6 is 0 Å². The molecule has 35 heavy (non-hydrogen) atoms. The van der Waals surface area contributed by atoms with Crippen molar-refractivity contribution in [2.75, 3.05) is 5.75 Å². The Labute approximate surface area is 215 Å². The summed E-state index contributed by atoms with van der Waals surface area (Å²) in [6, 6.07) is 0. The molecular weight excluding hydrogens is 878 g/mol. The number of alkyl halides is 3. The second-order valence-electron chi connectivity index (χ2n) is 3.68. The minimum absolute atomic E-state index is 0. The van der Waals surface area contributed by atoms with Gasteiger partial charge in [-0.15, -0.1) is 0 Å². The molecule has 0 saturated carbocycles. The van der Waals surface area contributed by atoms with Gasteiger partial charge in [0.15, 0.2) is 5.75 Å². The van der Waals surface area contributed by atoms with Crippen LogP contribution in [-0.4, -0.2) is 135 Å². The van der Waals surface area contributed by atoms with Gasteiger partial charge >= 0.3 is 175 Å². The fourth-order valence-corrected chi connectivity index (χ4v) is 0.620. The van der Waals surface area contributed by atoms with Gasteiger partial charge in [-0.3, -0.25) is 4.55 Å². The molecule has 1 unspecified atom stereocenters. The van der Waals surface area contributed by atoms with Gasteiger partial charge in [0.05, 0.1) is 0 Å². The van der Waals surface area contributed by atoms with Gasteiger partial charge in [0.25, 0.3) is 10.1 Å². The van der Waals surface area contributed by atoms with Crippen LogP contribution in [0.5, 0.6) is 0 Å². The summed E-state index contributed by atoms with van der Waals surface area (Å²) in [6.07, 6.45) is -4.85. The molecule has 0 aromatic heterocycles. The predicted molar refractivity (Wildman–Crippen MR) is 80.2 cm³/mol. The monoisotopic (exact) mass is 890 g/mol. The van der Waals surface area contributed by atoms with Crippen LogP contribution in [0.2, 0.25) is 0 Å². The third kappa shape index (κ3) is 729. The molecule has 18 nitrogen and oxygen atoms in total. The molecule has 33 heteroatoms. The van der Waals surface area contributed by atoms with E-state index in [-0.39, 0.29) is 18.9 Å². The summed E-state index contributed by atoms with van der Waals surface area (Å²) in [5.41, 5.74) is 0. The van der Waals surface area contributed by atoms with Crippen LogP contribution < -0.4 is 23.0 Å². The maximum Gasteiger partial charge on any atom is 1.00 e. The third-order valence-electron chi connectivity index (χ3n) is 0.346. The number of halogens is 8. The van der Waals surface area contributed by atoms with E-state index in [2.05, 4.69) is 0 Å². The first kappa shape index (κ1) is 52.7. The Kier molecular flexibility index (Phi) is 31.9. The van der Waals surface area contributed by atoms with Gasteiger partial charge < -0.3 is 0 Å². The predicted octanol–water partition coefficient (Wildman–Crippen LogP) is -9.16. The van der Waals surface area contributed by atoms with Crippen LogP contribution in [0.15, 0.2) is 0 Å². The first-order valence-electron chi connectivity index (χ1n) is 5.47. The van der Waals surface area contributed by atoms with Gasteiger partial charge in [-0.25, -0.2) is 0 Å². The molecular formula is C2H12As5F8LiO18S. The maximum absolute atomic E-state index is 11.0. The topological polar surface area (TPSA) is 345 Å². The molecule has 0 bridgehead atoms. The van der Waals surface area contributed by atoms with Crippen molar-refractivity contribution in [3.8, 4) is 0 Å². The first-order valence-corrected chi connectivity index (χ1v) is 22.8. The summed E-state index contributed by atoms with van der Waals surface area (Å²) < 4.78 is 227. The van der Waals surface area contributed by atoms with Crippen molar-refractivity contribution in [2.24, 2.45) is 0 Å².